The van der Waals surface area contributed by atoms with Crippen molar-refractivity contribution in [3.05, 3.63) is 69.6 Å². The van der Waals surface area contributed by atoms with Crippen LogP contribution in [0.3, 0.4) is 0 Å². The number of aromatic nitrogens is 1. The molecular weight excluding hydrogens is 356 g/mol. The molecule has 1 N–H and O–H groups in total. The van der Waals surface area contributed by atoms with Gasteiger partial charge in [-0.25, -0.2) is 4.98 Å². The highest BCUT2D eigenvalue weighted by molar-refractivity contribution is 7.98. The fourth-order valence-electron chi connectivity index (χ4n) is 2.09. The Morgan fingerprint density at radius 1 is 1.28 bits per heavy atom. The summed E-state index contributed by atoms with van der Waals surface area (Å²) in [5.74, 6) is 0. The van der Waals surface area contributed by atoms with Crippen LogP contribution in [0.2, 0.25) is 0 Å². The van der Waals surface area contributed by atoms with Gasteiger partial charge < -0.3 is 0 Å². The summed E-state index contributed by atoms with van der Waals surface area (Å²) in [5.41, 5.74) is 5.30. The quantitative estimate of drug-likeness (QED) is 0.289. The summed E-state index contributed by atoms with van der Waals surface area (Å²) in [6, 6.07) is 14.5. The molecular formula is C17H14N4O2S2. The number of nitrogens with zero attached hydrogens (tertiary/aromatic N) is 3. The molecule has 0 atom stereocenters. The van der Waals surface area contributed by atoms with Crippen molar-refractivity contribution >= 4 is 40.1 Å². The third-order valence-corrected chi connectivity index (χ3v) is 4.84. The molecule has 3 aromatic rings. The molecule has 0 aliphatic heterocycles. The molecule has 0 unspecified atom stereocenters. The lowest BCUT2D eigenvalue weighted by atomic mass is 10.1. The first-order valence-electron chi connectivity index (χ1n) is 7.29. The smallest absolute Gasteiger partial charge is 0.258 e. The van der Waals surface area contributed by atoms with Crippen molar-refractivity contribution in [2.24, 2.45) is 5.10 Å². The minimum absolute atomic E-state index is 0.0479. The average Bonchev–Trinajstić information content (AvgIpc) is 3.11. The molecule has 3 rings (SSSR count). The monoisotopic (exact) mass is 370 g/mol. The number of thiazole rings is 1. The van der Waals surface area contributed by atoms with Crippen LogP contribution < -0.4 is 5.43 Å². The molecule has 1 aromatic heterocycles. The van der Waals surface area contributed by atoms with Gasteiger partial charge in [0.1, 0.15) is 0 Å². The Hall–Kier alpha value is -2.71. The van der Waals surface area contributed by atoms with Crippen LogP contribution in [0.4, 0.5) is 10.8 Å². The molecule has 126 valence electrons. The van der Waals surface area contributed by atoms with Gasteiger partial charge >= 0.3 is 0 Å². The molecule has 0 saturated carbocycles. The summed E-state index contributed by atoms with van der Waals surface area (Å²) in [6.45, 7) is 0. The Bertz CT molecular complexity index is 907. The molecule has 0 saturated heterocycles. The molecule has 1 heterocycles. The van der Waals surface area contributed by atoms with Gasteiger partial charge in [0.25, 0.3) is 5.69 Å². The largest absolute Gasteiger partial charge is 0.270 e. The third-order valence-electron chi connectivity index (χ3n) is 3.35. The van der Waals surface area contributed by atoms with Gasteiger partial charge in [0.2, 0.25) is 5.13 Å². The Labute approximate surface area is 152 Å². The normalized spacial score (nSPS) is 10.9. The minimum Gasteiger partial charge on any atom is -0.258 e. The molecule has 6 nitrogen and oxygen atoms in total. The topological polar surface area (TPSA) is 80.4 Å². The lowest BCUT2D eigenvalue weighted by Crippen LogP contribution is -1.91. The first kappa shape index (κ1) is 17.1. The predicted molar refractivity (Wildman–Crippen MR) is 104 cm³/mol. The maximum atomic E-state index is 10.9. The molecule has 0 bridgehead atoms. The number of thioether (sulfide) groups is 1. The van der Waals surface area contributed by atoms with Gasteiger partial charge in [0.05, 0.1) is 16.8 Å². The van der Waals surface area contributed by atoms with Crippen molar-refractivity contribution < 1.29 is 4.92 Å². The SMILES string of the molecule is CSc1ccc(/C=N/Nc2nc(-c3cccc([N+](=O)[O-])c3)cs2)cc1. The number of anilines is 1. The van der Waals surface area contributed by atoms with Gasteiger partial charge in [-0.2, -0.15) is 5.10 Å². The van der Waals surface area contributed by atoms with Crippen molar-refractivity contribution in [2.75, 3.05) is 11.7 Å². The molecule has 2 aromatic carbocycles. The van der Waals surface area contributed by atoms with Crippen molar-refractivity contribution in [3.8, 4) is 11.3 Å². The Morgan fingerprint density at radius 2 is 2.08 bits per heavy atom. The Balaban J connectivity index is 1.68. The van der Waals surface area contributed by atoms with Crippen LogP contribution in [-0.2, 0) is 0 Å². The predicted octanol–water partition coefficient (Wildman–Crippen LogP) is 4.89. The zero-order valence-electron chi connectivity index (χ0n) is 13.2. The second kappa shape index (κ2) is 7.91. The van der Waals surface area contributed by atoms with Gasteiger partial charge in [0.15, 0.2) is 0 Å². The van der Waals surface area contributed by atoms with Crippen LogP contribution in [0.25, 0.3) is 11.3 Å². The average molecular weight is 370 g/mol. The fourth-order valence-corrected chi connectivity index (χ4v) is 3.17. The van der Waals surface area contributed by atoms with Crippen molar-refractivity contribution in [1.82, 2.24) is 4.98 Å². The number of hydrazone groups is 1. The Kier molecular flexibility index (Phi) is 5.42. The molecule has 0 spiro atoms. The zero-order chi connectivity index (χ0) is 17.6. The van der Waals surface area contributed by atoms with E-state index in [4.69, 9.17) is 0 Å². The van der Waals surface area contributed by atoms with E-state index >= 15 is 0 Å². The van der Waals surface area contributed by atoms with Crippen LogP contribution in [0.5, 0.6) is 0 Å². The van der Waals surface area contributed by atoms with Crippen LogP contribution >= 0.6 is 23.1 Å². The van der Waals surface area contributed by atoms with E-state index in [-0.39, 0.29) is 5.69 Å². The van der Waals surface area contributed by atoms with E-state index in [9.17, 15) is 10.1 Å². The highest BCUT2D eigenvalue weighted by Gasteiger charge is 2.09. The van der Waals surface area contributed by atoms with Gasteiger partial charge in [-0.1, -0.05) is 24.3 Å². The van der Waals surface area contributed by atoms with E-state index in [1.165, 1.54) is 28.4 Å². The molecule has 8 heteroatoms. The number of hydrogen-bond donors (Lipinski definition) is 1. The maximum absolute atomic E-state index is 10.9. The lowest BCUT2D eigenvalue weighted by molar-refractivity contribution is -0.384. The standard InChI is InChI=1S/C17H14N4O2S2/c1-24-15-7-5-12(6-8-15)10-18-20-17-19-16(11-25-17)13-3-2-4-14(9-13)21(22)23/h2-11H,1H3,(H,19,20)/b18-10+. The van der Waals surface area contributed by atoms with Gasteiger partial charge in [-0.3, -0.25) is 15.5 Å². The van der Waals surface area contributed by atoms with Crippen LogP contribution in [-0.4, -0.2) is 22.4 Å². The lowest BCUT2D eigenvalue weighted by Gasteiger charge is -1.98. The molecule has 25 heavy (non-hydrogen) atoms. The molecule has 0 aliphatic rings. The first-order valence-corrected chi connectivity index (χ1v) is 9.39. The summed E-state index contributed by atoms with van der Waals surface area (Å²) in [6.07, 6.45) is 3.75. The van der Waals surface area contributed by atoms with Crippen LogP contribution in [0.15, 0.2) is 63.9 Å². The van der Waals surface area contributed by atoms with Crippen molar-refractivity contribution in [2.45, 2.75) is 4.90 Å². The number of nitro groups is 1. The van der Waals surface area contributed by atoms with Crippen LogP contribution in [0.1, 0.15) is 5.56 Å². The highest BCUT2D eigenvalue weighted by atomic mass is 32.2. The van der Waals surface area contributed by atoms with E-state index in [1.807, 2.05) is 35.9 Å². The summed E-state index contributed by atoms with van der Waals surface area (Å²) in [5, 5.41) is 17.5. The summed E-state index contributed by atoms with van der Waals surface area (Å²) < 4.78 is 0. The van der Waals surface area contributed by atoms with E-state index in [2.05, 4.69) is 15.5 Å². The Morgan fingerprint density at radius 3 is 2.80 bits per heavy atom. The first-order chi connectivity index (χ1) is 12.2. The zero-order valence-corrected chi connectivity index (χ0v) is 14.9. The summed E-state index contributed by atoms with van der Waals surface area (Å²) in [4.78, 5) is 16.1. The molecule has 0 amide bonds. The highest BCUT2D eigenvalue weighted by Crippen LogP contribution is 2.27. The second-order valence-electron chi connectivity index (χ2n) is 4.99. The number of hydrogen-bond acceptors (Lipinski definition) is 7. The second-order valence-corrected chi connectivity index (χ2v) is 6.73. The maximum Gasteiger partial charge on any atom is 0.270 e. The summed E-state index contributed by atoms with van der Waals surface area (Å²) >= 11 is 3.08. The number of rotatable bonds is 6. The van der Waals surface area contributed by atoms with E-state index in [1.54, 1.807) is 30.1 Å². The number of nitro benzene ring substituents is 1. The van der Waals surface area contributed by atoms with E-state index in [0.29, 0.717) is 16.4 Å². The number of non-ortho nitro benzene ring substituents is 1. The van der Waals surface area contributed by atoms with Crippen LogP contribution in [0, 0.1) is 10.1 Å². The van der Waals surface area contributed by atoms with Gasteiger partial charge in [-0.15, -0.1) is 23.1 Å². The molecule has 0 aliphatic carbocycles. The van der Waals surface area contributed by atoms with Gasteiger partial charge in [-0.05, 0) is 24.0 Å². The minimum atomic E-state index is -0.415. The number of benzene rings is 2. The van der Waals surface area contributed by atoms with Gasteiger partial charge in [0, 0.05) is 28.0 Å². The van der Waals surface area contributed by atoms with E-state index < -0.39 is 4.92 Å². The summed E-state index contributed by atoms with van der Waals surface area (Å²) in [7, 11) is 0. The fraction of sp³-hybridized carbons (Fsp3) is 0.0588. The van der Waals surface area contributed by atoms with Crippen molar-refractivity contribution in [1.29, 1.82) is 0 Å². The number of nitrogens with one attached hydrogen (secondary N) is 1. The van der Waals surface area contributed by atoms with Crippen molar-refractivity contribution in [3.63, 3.8) is 0 Å². The van der Waals surface area contributed by atoms with E-state index in [0.717, 1.165) is 5.56 Å². The third kappa shape index (κ3) is 4.43. The molecule has 0 fully saturated rings. The molecule has 0 radical (unpaired) electrons.